The number of ether oxygens (including phenoxy) is 1. The van der Waals surface area contributed by atoms with Gasteiger partial charge in [0.25, 0.3) is 0 Å². The summed E-state index contributed by atoms with van der Waals surface area (Å²) in [4.78, 5) is 20.1. The van der Waals surface area contributed by atoms with Crippen molar-refractivity contribution in [1.29, 1.82) is 0 Å². The van der Waals surface area contributed by atoms with Crippen LogP contribution in [0.5, 0.6) is 5.75 Å². The fraction of sp³-hybridized carbons (Fsp3) is 0.500. The van der Waals surface area contributed by atoms with Crippen molar-refractivity contribution in [1.82, 2.24) is 14.7 Å². The van der Waals surface area contributed by atoms with Gasteiger partial charge in [0.1, 0.15) is 5.75 Å². The zero-order chi connectivity index (χ0) is 26.3. The Morgan fingerprint density at radius 3 is 2.46 bits per heavy atom. The summed E-state index contributed by atoms with van der Waals surface area (Å²) in [5.74, 6) is 0.921. The van der Waals surface area contributed by atoms with Crippen molar-refractivity contribution < 1.29 is 19.7 Å². The van der Waals surface area contributed by atoms with Crippen LogP contribution in [0.4, 0.5) is 4.79 Å². The smallest absolute Gasteiger partial charge is 0.325 e. The molecule has 0 aliphatic carbocycles. The molecule has 1 unspecified atom stereocenters. The van der Waals surface area contributed by atoms with E-state index in [0.29, 0.717) is 6.54 Å². The fourth-order valence-corrected chi connectivity index (χ4v) is 6.55. The van der Waals surface area contributed by atoms with Gasteiger partial charge in [0, 0.05) is 31.2 Å². The zero-order valence-corrected chi connectivity index (χ0v) is 22.4. The van der Waals surface area contributed by atoms with Crippen LogP contribution < -0.4 is 4.74 Å². The van der Waals surface area contributed by atoms with Crippen LogP contribution >= 0.6 is 0 Å². The van der Waals surface area contributed by atoms with Crippen LogP contribution in [0.2, 0.25) is 0 Å². The molecule has 2 aromatic carbocycles. The number of hydrogen-bond acceptors (Lipinski definition) is 5. The number of β-amino-alcohol motifs (C(OH)–C–C–N with tert-alkyl or cyclic N) is 1. The minimum atomic E-state index is -0.969. The first-order valence-corrected chi connectivity index (χ1v) is 13.3. The Bertz CT molecular complexity index is 1180. The van der Waals surface area contributed by atoms with E-state index in [0.717, 1.165) is 49.5 Å². The van der Waals surface area contributed by atoms with Gasteiger partial charge in [-0.3, -0.25) is 9.80 Å². The lowest BCUT2D eigenvalue weighted by molar-refractivity contribution is 0.0280. The van der Waals surface area contributed by atoms with Crippen LogP contribution in [0.3, 0.4) is 0 Å². The molecular weight excluding hydrogens is 466 g/mol. The lowest BCUT2D eigenvalue weighted by Crippen LogP contribution is -2.55. The van der Waals surface area contributed by atoms with Crippen molar-refractivity contribution in [2.75, 3.05) is 33.4 Å². The number of allylic oxidation sites excluding steroid dienone is 1. The lowest BCUT2D eigenvalue weighted by Gasteiger charge is -2.45. The molecule has 0 radical (unpaired) electrons. The number of benzene rings is 2. The van der Waals surface area contributed by atoms with E-state index in [9.17, 15) is 15.0 Å². The number of fused-ring (bicyclic) bond motifs is 3. The van der Waals surface area contributed by atoms with Gasteiger partial charge in [0.2, 0.25) is 0 Å². The van der Waals surface area contributed by atoms with Crippen molar-refractivity contribution in [2.45, 2.75) is 64.3 Å². The normalized spacial score (nSPS) is 21.9. The molecule has 0 saturated carbocycles. The van der Waals surface area contributed by atoms with Crippen LogP contribution in [-0.2, 0) is 13.1 Å². The van der Waals surface area contributed by atoms with E-state index in [2.05, 4.69) is 56.0 Å². The number of aliphatic hydroxyl groups is 2. The highest BCUT2D eigenvalue weighted by Crippen LogP contribution is 2.47. The average Bonchev–Trinajstić information content (AvgIpc) is 2.98. The van der Waals surface area contributed by atoms with Gasteiger partial charge >= 0.3 is 6.03 Å². The maximum absolute atomic E-state index is 13.9. The minimum absolute atomic E-state index is 0.0932. The molecule has 7 nitrogen and oxygen atoms in total. The predicted octanol–water partition coefficient (Wildman–Crippen LogP) is 3.94. The Balaban J connectivity index is 1.46. The van der Waals surface area contributed by atoms with E-state index in [-0.39, 0.29) is 25.1 Å². The van der Waals surface area contributed by atoms with Crippen molar-refractivity contribution in [3.63, 3.8) is 0 Å². The van der Waals surface area contributed by atoms with E-state index in [1.165, 1.54) is 22.3 Å². The van der Waals surface area contributed by atoms with Crippen LogP contribution in [0.25, 0.3) is 0 Å². The summed E-state index contributed by atoms with van der Waals surface area (Å²) in [6.07, 6.45) is 2.86. The molecule has 3 heterocycles. The molecule has 0 aromatic heterocycles. The number of amides is 2. The minimum Gasteiger partial charge on any atom is -0.497 e. The molecule has 2 atom stereocenters. The topological polar surface area (TPSA) is 76.5 Å². The van der Waals surface area contributed by atoms with E-state index >= 15 is 0 Å². The van der Waals surface area contributed by atoms with Gasteiger partial charge in [0.05, 0.1) is 38.4 Å². The lowest BCUT2D eigenvalue weighted by atomic mass is 9.81. The predicted molar refractivity (Wildman–Crippen MR) is 143 cm³/mol. The monoisotopic (exact) mass is 505 g/mol. The highest BCUT2D eigenvalue weighted by Gasteiger charge is 2.55. The van der Waals surface area contributed by atoms with E-state index in [1.54, 1.807) is 7.11 Å². The first kappa shape index (κ1) is 25.8. The van der Waals surface area contributed by atoms with Crippen LogP contribution in [0, 0.1) is 13.8 Å². The Hall–Kier alpha value is -2.87. The summed E-state index contributed by atoms with van der Waals surface area (Å²) in [6.45, 7) is 9.28. The third-order valence-electron chi connectivity index (χ3n) is 8.30. The molecule has 198 valence electrons. The second kappa shape index (κ2) is 10.1. The number of rotatable bonds is 6. The number of aryl methyl sites for hydroxylation is 2. The van der Waals surface area contributed by atoms with Gasteiger partial charge in [-0.2, -0.15) is 0 Å². The van der Waals surface area contributed by atoms with Crippen molar-refractivity contribution >= 4 is 6.03 Å². The second-order valence-electron chi connectivity index (χ2n) is 11.0. The number of aliphatic hydroxyl groups excluding tert-OH is 2. The molecule has 7 heteroatoms. The molecule has 1 spiro atoms. The quantitative estimate of drug-likeness (QED) is 0.622. The molecule has 2 aromatic rings. The van der Waals surface area contributed by atoms with Crippen molar-refractivity contribution in [3.8, 4) is 5.75 Å². The fourth-order valence-electron chi connectivity index (χ4n) is 6.55. The summed E-state index contributed by atoms with van der Waals surface area (Å²) in [5.41, 5.74) is 6.70. The first-order valence-electron chi connectivity index (χ1n) is 13.3. The van der Waals surface area contributed by atoms with Gasteiger partial charge in [-0.25, -0.2) is 4.79 Å². The molecule has 2 amide bonds. The summed E-state index contributed by atoms with van der Waals surface area (Å²) in [7, 11) is 1.66. The first-order chi connectivity index (χ1) is 17.7. The largest absolute Gasteiger partial charge is 0.497 e. The van der Waals surface area contributed by atoms with Gasteiger partial charge in [-0.15, -0.1) is 0 Å². The molecule has 3 aliphatic heterocycles. The SMILES string of the molecule is COc1ccc2c(c1)CN1C(=O)N(CC(O)CO)C3(CCN(Cc4cc(C)cc(C)c4)CC3)C1=C[C@@H]2C. The number of hydrogen-bond donors (Lipinski definition) is 2. The Kier molecular flexibility index (Phi) is 7.05. The van der Waals surface area contributed by atoms with E-state index in [1.807, 2.05) is 21.9 Å². The number of carbonyl (C=O) groups is 1. The van der Waals surface area contributed by atoms with Gasteiger partial charge < -0.3 is 19.8 Å². The molecule has 5 rings (SSSR count). The molecule has 2 saturated heterocycles. The molecule has 2 fully saturated rings. The molecule has 37 heavy (non-hydrogen) atoms. The zero-order valence-electron chi connectivity index (χ0n) is 22.4. The van der Waals surface area contributed by atoms with E-state index < -0.39 is 11.6 Å². The highest BCUT2D eigenvalue weighted by molar-refractivity contribution is 5.83. The maximum Gasteiger partial charge on any atom is 0.325 e. The molecule has 3 aliphatic rings. The van der Waals surface area contributed by atoms with Gasteiger partial charge in [-0.1, -0.05) is 48.4 Å². The number of piperidine rings is 1. The number of carbonyl (C=O) groups excluding carboxylic acids is 1. The summed E-state index contributed by atoms with van der Waals surface area (Å²) in [5, 5.41) is 20.0. The summed E-state index contributed by atoms with van der Waals surface area (Å²) < 4.78 is 5.47. The number of likely N-dealkylation sites (tertiary alicyclic amines) is 1. The second-order valence-corrected chi connectivity index (χ2v) is 11.0. The third kappa shape index (κ3) is 4.76. The average molecular weight is 506 g/mol. The number of methoxy groups -OCH3 is 1. The van der Waals surface area contributed by atoms with Gasteiger partial charge in [0.15, 0.2) is 0 Å². The summed E-state index contributed by atoms with van der Waals surface area (Å²) in [6, 6.07) is 12.7. The number of urea groups is 1. The van der Waals surface area contributed by atoms with Crippen LogP contribution in [0.15, 0.2) is 48.2 Å². The highest BCUT2D eigenvalue weighted by atomic mass is 16.5. The molecule has 0 bridgehead atoms. The van der Waals surface area contributed by atoms with E-state index in [4.69, 9.17) is 4.74 Å². The number of nitrogens with zero attached hydrogens (tertiary/aromatic N) is 3. The summed E-state index contributed by atoms with van der Waals surface area (Å²) >= 11 is 0. The standard InChI is InChI=1S/C30H39N3O4/c1-20-11-21(2)13-23(12-20)16-31-9-7-30(8-10-31)28-14-22(3)27-6-5-26(37-4)15-24(27)17-32(28)29(36)33(30)18-25(35)19-34/h5-6,11-15,22,25,34-35H,7-10,16-19H2,1-4H3/t22-,25?/m0/s1. The Labute approximate surface area is 219 Å². The van der Waals surface area contributed by atoms with Crippen LogP contribution in [-0.4, -0.2) is 75.9 Å². The van der Waals surface area contributed by atoms with Crippen molar-refractivity contribution in [2.24, 2.45) is 0 Å². The third-order valence-corrected chi connectivity index (χ3v) is 8.30. The van der Waals surface area contributed by atoms with Gasteiger partial charge in [-0.05, 0) is 55.5 Å². The molecular formula is C30H39N3O4. The van der Waals surface area contributed by atoms with Crippen molar-refractivity contribution in [3.05, 3.63) is 76.0 Å². The molecule has 2 N–H and O–H groups in total. The Morgan fingerprint density at radius 2 is 1.81 bits per heavy atom. The Morgan fingerprint density at radius 1 is 1.11 bits per heavy atom. The maximum atomic E-state index is 13.9. The van der Waals surface area contributed by atoms with Crippen LogP contribution in [0.1, 0.15) is 53.5 Å².